The zero-order chi connectivity index (χ0) is 11.0. The molecule has 1 N–H and O–H groups in total. The molecule has 2 atom stereocenters. The van der Waals surface area contributed by atoms with Crippen molar-refractivity contribution in [2.45, 2.75) is 18.5 Å². The topological polar surface area (TPSA) is 80.4 Å². The molecule has 5 nitrogen and oxygen atoms in total. The van der Waals surface area contributed by atoms with Gasteiger partial charge in [-0.15, -0.1) is 0 Å². The largest absolute Gasteiger partial charge is 0.346 e. The summed E-state index contributed by atoms with van der Waals surface area (Å²) >= 11 is 0. The lowest BCUT2D eigenvalue weighted by molar-refractivity contribution is -0.384. The molecular weight excluding hydrogens is 217 g/mol. The van der Waals surface area contributed by atoms with Crippen molar-refractivity contribution in [2.75, 3.05) is 0 Å². The van der Waals surface area contributed by atoms with Crippen LogP contribution in [0, 0.1) is 10.1 Å². The molecule has 0 heterocycles. The van der Waals surface area contributed by atoms with Gasteiger partial charge in [0.25, 0.3) is 5.69 Å². The Hall–Kier alpha value is -1.19. The lowest BCUT2D eigenvalue weighted by Crippen LogP contribution is -1.91. The molecule has 0 aliphatic heterocycles. The molecule has 0 spiro atoms. The van der Waals surface area contributed by atoms with Crippen LogP contribution in [0.4, 0.5) is 5.69 Å². The Morgan fingerprint density at radius 3 is 2.87 bits per heavy atom. The van der Waals surface area contributed by atoms with E-state index in [9.17, 15) is 14.7 Å². The van der Waals surface area contributed by atoms with Crippen LogP contribution in [0.25, 0.3) is 0 Å². The van der Waals surface area contributed by atoms with Crippen molar-refractivity contribution in [3.05, 3.63) is 39.4 Å². The fourth-order valence-corrected chi connectivity index (χ4v) is 2.91. The lowest BCUT2D eigenvalue weighted by Gasteiger charge is -2.06. The van der Waals surface area contributed by atoms with Gasteiger partial charge in [0.15, 0.2) is 8.03 Å². The molecule has 0 bridgehead atoms. The minimum Gasteiger partial charge on any atom is -0.346 e. The number of aryl methyl sites for hydroxylation is 1. The number of nitro benzene ring substituents is 1. The molecule has 0 radical (unpaired) electrons. The van der Waals surface area contributed by atoms with Crippen LogP contribution in [0.5, 0.6) is 0 Å². The van der Waals surface area contributed by atoms with Crippen molar-refractivity contribution < 1.29 is 14.4 Å². The predicted octanol–water partition coefficient (Wildman–Crippen LogP) is 2.05. The number of fused-ring (bicyclic) bond motifs is 1. The molecule has 15 heavy (non-hydrogen) atoms. The van der Waals surface area contributed by atoms with E-state index in [1.54, 1.807) is 6.07 Å². The number of nitrogens with zero attached hydrogens (tertiary/aromatic N) is 1. The van der Waals surface area contributed by atoms with E-state index in [4.69, 9.17) is 4.89 Å². The first-order valence-corrected chi connectivity index (χ1v) is 6.03. The van der Waals surface area contributed by atoms with Gasteiger partial charge in [0.05, 0.1) is 10.6 Å². The minimum atomic E-state index is -2.58. The SMILES string of the molecule is O=[N+]([O-])c1ccc2c(c1)CCC2[PH](=O)O. The summed E-state index contributed by atoms with van der Waals surface area (Å²) in [4.78, 5) is 19.2. The summed E-state index contributed by atoms with van der Waals surface area (Å²) in [6.07, 6.45) is 1.27. The number of hydrogen-bond donors (Lipinski definition) is 1. The number of rotatable bonds is 2. The van der Waals surface area contributed by atoms with Gasteiger partial charge in [0.1, 0.15) is 0 Å². The first-order chi connectivity index (χ1) is 7.09. The molecule has 0 saturated carbocycles. The summed E-state index contributed by atoms with van der Waals surface area (Å²) in [5, 5.41) is 10.5. The summed E-state index contributed by atoms with van der Waals surface area (Å²) in [6.45, 7) is 0. The Balaban J connectivity index is 2.42. The fourth-order valence-electron chi connectivity index (χ4n) is 1.97. The second kappa shape index (κ2) is 3.76. The van der Waals surface area contributed by atoms with E-state index < -0.39 is 13.0 Å². The van der Waals surface area contributed by atoms with Gasteiger partial charge in [-0.05, 0) is 24.0 Å². The number of hydrogen-bond acceptors (Lipinski definition) is 3. The third-order valence-corrected chi connectivity index (χ3v) is 3.91. The van der Waals surface area contributed by atoms with Crippen molar-refractivity contribution in [1.82, 2.24) is 0 Å². The van der Waals surface area contributed by atoms with Gasteiger partial charge in [-0.25, -0.2) is 0 Å². The monoisotopic (exact) mass is 227 g/mol. The van der Waals surface area contributed by atoms with Crippen molar-refractivity contribution in [1.29, 1.82) is 0 Å². The highest BCUT2D eigenvalue weighted by Gasteiger charge is 2.27. The first kappa shape index (κ1) is 10.3. The Kier molecular flexibility index (Phi) is 2.59. The zero-order valence-electron chi connectivity index (χ0n) is 7.84. The van der Waals surface area contributed by atoms with E-state index in [0.717, 1.165) is 11.1 Å². The fraction of sp³-hybridized carbons (Fsp3) is 0.333. The van der Waals surface area contributed by atoms with E-state index in [2.05, 4.69) is 0 Å². The van der Waals surface area contributed by atoms with E-state index in [1.165, 1.54) is 12.1 Å². The summed E-state index contributed by atoms with van der Waals surface area (Å²) in [7, 11) is -2.58. The van der Waals surface area contributed by atoms with Crippen LogP contribution in [0.15, 0.2) is 18.2 Å². The van der Waals surface area contributed by atoms with E-state index in [1.807, 2.05) is 0 Å². The smallest absolute Gasteiger partial charge is 0.269 e. The van der Waals surface area contributed by atoms with Crippen LogP contribution in [0.3, 0.4) is 0 Å². The van der Waals surface area contributed by atoms with Crippen LogP contribution in [0.1, 0.15) is 23.2 Å². The molecule has 0 aromatic heterocycles. The second-order valence-corrected chi connectivity index (χ2v) is 4.94. The number of nitro groups is 1. The third-order valence-electron chi connectivity index (χ3n) is 2.71. The van der Waals surface area contributed by atoms with Crippen molar-refractivity contribution in [3.8, 4) is 0 Å². The van der Waals surface area contributed by atoms with Gasteiger partial charge >= 0.3 is 0 Å². The normalized spacial score (nSPS) is 21.0. The molecule has 1 aromatic carbocycles. The molecule has 0 fully saturated rings. The molecule has 80 valence electrons. The Bertz CT molecular complexity index is 446. The quantitative estimate of drug-likeness (QED) is 0.476. The highest BCUT2D eigenvalue weighted by Crippen LogP contribution is 2.47. The summed E-state index contributed by atoms with van der Waals surface area (Å²) in [5.74, 6) is 0. The second-order valence-electron chi connectivity index (χ2n) is 3.57. The molecule has 0 amide bonds. The van der Waals surface area contributed by atoms with Gasteiger partial charge in [-0.2, -0.15) is 0 Å². The Labute approximate surface area is 86.8 Å². The standard InChI is InChI=1S/C9H10NO4P/c11-10(12)7-2-3-8-6(5-7)1-4-9(8)15(13)14/h2-3,5,9,15H,1,4H2,(H,13,14). The van der Waals surface area contributed by atoms with Crippen molar-refractivity contribution >= 4 is 13.7 Å². The Morgan fingerprint density at radius 2 is 2.27 bits per heavy atom. The van der Waals surface area contributed by atoms with E-state index in [-0.39, 0.29) is 11.3 Å². The van der Waals surface area contributed by atoms with Gasteiger partial charge in [-0.3, -0.25) is 14.7 Å². The van der Waals surface area contributed by atoms with Gasteiger partial charge in [-0.1, -0.05) is 6.07 Å². The average molecular weight is 227 g/mol. The molecule has 2 unspecified atom stereocenters. The van der Waals surface area contributed by atoms with Gasteiger partial charge in [0.2, 0.25) is 0 Å². The molecule has 6 heteroatoms. The zero-order valence-corrected chi connectivity index (χ0v) is 8.84. The number of non-ortho nitro benzene ring substituents is 1. The summed E-state index contributed by atoms with van der Waals surface area (Å²) < 4.78 is 11.0. The molecule has 2 rings (SSSR count). The van der Waals surface area contributed by atoms with Crippen LogP contribution >= 0.6 is 8.03 Å². The predicted molar refractivity (Wildman–Crippen MR) is 55.4 cm³/mol. The van der Waals surface area contributed by atoms with E-state index >= 15 is 0 Å². The lowest BCUT2D eigenvalue weighted by atomic mass is 10.1. The van der Waals surface area contributed by atoms with Gasteiger partial charge in [0, 0.05) is 12.1 Å². The third kappa shape index (κ3) is 1.80. The van der Waals surface area contributed by atoms with Crippen LogP contribution in [0.2, 0.25) is 0 Å². The molecule has 0 saturated heterocycles. The van der Waals surface area contributed by atoms with Gasteiger partial charge < -0.3 is 4.89 Å². The highest BCUT2D eigenvalue weighted by molar-refractivity contribution is 7.38. The van der Waals surface area contributed by atoms with Crippen molar-refractivity contribution in [3.63, 3.8) is 0 Å². The molecular formula is C9H10NO4P. The van der Waals surface area contributed by atoms with Crippen molar-refractivity contribution in [2.24, 2.45) is 0 Å². The number of benzene rings is 1. The summed E-state index contributed by atoms with van der Waals surface area (Å²) in [6, 6.07) is 4.49. The average Bonchev–Trinajstić information content (AvgIpc) is 2.59. The first-order valence-electron chi connectivity index (χ1n) is 4.59. The Morgan fingerprint density at radius 1 is 1.53 bits per heavy atom. The maximum atomic E-state index is 11.0. The van der Waals surface area contributed by atoms with Crippen LogP contribution < -0.4 is 0 Å². The summed E-state index contributed by atoms with van der Waals surface area (Å²) in [5.41, 5.74) is 1.37. The minimum absolute atomic E-state index is 0.0482. The maximum absolute atomic E-state index is 11.0. The molecule has 1 aromatic rings. The maximum Gasteiger partial charge on any atom is 0.269 e. The highest BCUT2D eigenvalue weighted by atomic mass is 31.1. The molecule has 1 aliphatic carbocycles. The van der Waals surface area contributed by atoms with E-state index in [0.29, 0.717) is 12.8 Å². The van der Waals surface area contributed by atoms with Crippen LogP contribution in [-0.4, -0.2) is 9.82 Å². The molecule has 1 aliphatic rings. The van der Waals surface area contributed by atoms with Crippen LogP contribution in [-0.2, 0) is 11.0 Å².